The first kappa shape index (κ1) is 15.9. The van der Waals surface area contributed by atoms with Crippen LogP contribution < -0.4 is 5.32 Å². The number of likely N-dealkylation sites (tertiary alicyclic amines) is 1. The molecule has 21 heavy (non-hydrogen) atoms. The van der Waals surface area contributed by atoms with Gasteiger partial charge in [-0.1, -0.05) is 30.3 Å². The highest BCUT2D eigenvalue weighted by Crippen LogP contribution is 2.23. The summed E-state index contributed by atoms with van der Waals surface area (Å²) in [6.45, 7) is 2.22. The first-order valence-electron chi connectivity index (χ1n) is 7.42. The van der Waals surface area contributed by atoms with Gasteiger partial charge < -0.3 is 15.1 Å². The normalized spacial score (nSPS) is 20.1. The molecule has 0 aromatic heterocycles. The van der Waals surface area contributed by atoms with E-state index in [2.05, 4.69) is 17.3 Å². The fourth-order valence-electron chi connectivity index (χ4n) is 2.82. The third-order valence-electron chi connectivity index (χ3n) is 4.40. The van der Waals surface area contributed by atoms with Crippen molar-refractivity contribution in [3.05, 3.63) is 35.9 Å². The Bertz CT molecular complexity index is 458. The van der Waals surface area contributed by atoms with E-state index in [-0.39, 0.29) is 0 Å². The minimum absolute atomic E-state index is 0.454. The molecule has 0 radical (unpaired) electrons. The van der Waals surface area contributed by atoms with Crippen molar-refractivity contribution in [2.45, 2.75) is 18.4 Å². The van der Waals surface area contributed by atoms with Gasteiger partial charge in [0.15, 0.2) is 5.54 Å². The van der Waals surface area contributed by atoms with Gasteiger partial charge in [-0.3, -0.25) is 5.32 Å². The lowest BCUT2D eigenvalue weighted by Gasteiger charge is -2.34. The molecular formula is C16H24N2O3. The van der Waals surface area contributed by atoms with Crippen molar-refractivity contribution in [1.29, 1.82) is 0 Å². The topological polar surface area (TPSA) is 72.8 Å². The van der Waals surface area contributed by atoms with E-state index in [9.17, 15) is 15.0 Å². The maximum Gasteiger partial charge on any atom is 0.330 e. The van der Waals surface area contributed by atoms with E-state index < -0.39 is 18.1 Å². The molecular weight excluding hydrogens is 268 g/mol. The van der Waals surface area contributed by atoms with Crippen LogP contribution in [0.5, 0.6) is 0 Å². The molecule has 0 spiro atoms. The van der Waals surface area contributed by atoms with Crippen LogP contribution in [0.3, 0.4) is 0 Å². The van der Waals surface area contributed by atoms with Crippen LogP contribution in [0.15, 0.2) is 30.3 Å². The van der Waals surface area contributed by atoms with E-state index in [1.807, 2.05) is 6.07 Å². The second-order valence-electron chi connectivity index (χ2n) is 5.86. The molecule has 5 heteroatoms. The molecule has 0 amide bonds. The molecule has 1 aliphatic heterocycles. The second-order valence-corrected chi connectivity index (χ2v) is 5.86. The zero-order valence-corrected chi connectivity index (χ0v) is 12.5. The number of aliphatic hydroxyl groups is 1. The van der Waals surface area contributed by atoms with Crippen LogP contribution in [0.25, 0.3) is 0 Å². The minimum atomic E-state index is -1.41. The molecule has 0 saturated carbocycles. The number of aliphatic carboxylic acids is 1. The van der Waals surface area contributed by atoms with E-state index in [0.29, 0.717) is 18.0 Å². The molecule has 1 fully saturated rings. The van der Waals surface area contributed by atoms with Crippen LogP contribution in [0, 0.1) is 5.92 Å². The molecule has 1 atom stereocenters. The summed E-state index contributed by atoms with van der Waals surface area (Å²) in [7, 11) is 2.10. The Labute approximate surface area is 125 Å². The molecule has 1 heterocycles. The van der Waals surface area contributed by atoms with Crippen LogP contribution in [-0.2, 0) is 10.3 Å². The number of aliphatic hydroxyl groups excluding tert-OH is 1. The molecule has 0 bridgehead atoms. The van der Waals surface area contributed by atoms with Crippen molar-refractivity contribution >= 4 is 5.97 Å². The standard InChI is InChI=1S/C16H24N2O3/c1-18-9-7-13(8-10-18)11-17-16(12-19,15(20)21)14-5-3-2-4-6-14/h2-6,13,17,19H,7-12H2,1H3,(H,20,21). The number of hydrogen-bond acceptors (Lipinski definition) is 4. The molecule has 1 aliphatic rings. The van der Waals surface area contributed by atoms with E-state index in [4.69, 9.17) is 0 Å². The van der Waals surface area contributed by atoms with Crippen molar-refractivity contribution in [1.82, 2.24) is 10.2 Å². The SMILES string of the molecule is CN1CCC(CNC(CO)(C(=O)O)c2ccccc2)CC1. The molecule has 1 unspecified atom stereocenters. The van der Waals surface area contributed by atoms with Gasteiger partial charge in [0.2, 0.25) is 0 Å². The monoisotopic (exact) mass is 292 g/mol. The van der Waals surface area contributed by atoms with Gasteiger partial charge in [-0.2, -0.15) is 0 Å². The predicted octanol–water partition coefficient (Wildman–Crippen LogP) is 0.890. The average molecular weight is 292 g/mol. The summed E-state index contributed by atoms with van der Waals surface area (Å²) < 4.78 is 0. The lowest BCUT2D eigenvalue weighted by atomic mass is 9.88. The summed E-state index contributed by atoms with van der Waals surface area (Å²) in [6.07, 6.45) is 2.11. The van der Waals surface area contributed by atoms with Gasteiger partial charge in [0.1, 0.15) is 0 Å². The number of rotatable bonds is 6. The Kier molecular flexibility index (Phi) is 5.33. The highest BCUT2D eigenvalue weighted by molar-refractivity contribution is 5.81. The highest BCUT2D eigenvalue weighted by atomic mass is 16.4. The molecule has 5 nitrogen and oxygen atoms in total. The number of carboxylic acid groups (broad SMARTS) is 1. The Morgan fingerprint density at radius 2 is 1.95 bits per heavy atom. The smallest absolute Gasteiger partial charge is 0.330 e. The van der Waals surface area contributed by atoms with Crippen molar-refractivity contribution < 1.29 is 15.0 Å². The number of piperidine rings is 1. The van der Waals surface area contributed by atoms with Crippen LogP contribution in [0.1, 0.15) is 18.4 Å². The molecule has 2 rings (SSSR count). The van der Waals surface area contributed by atoms with Crippen LogP contribution in [-0.4, -0.2) is 54.4 Å². The predicted molar refractivity (Wildman–Crippen MR) is 81.1 cm³/mol. The molecule has 3 N–H and O–H groups in total. The Morgan fingerprint density at radius 3 is 2.48 bits per heavy atom. The first-order chi connectivity index (χ1) is 10.1. The number of nitrogens with one attached hydrogen (secondary N) is 1. The molecule has 116 valence electrons. The van der Waals surface area contributed by atoms with Crippen LogP contribution in [0.2, 0.25) is 0 Å². The third-order valence-corrected chi connectivity index (χ3v) is 4.40. The van der Waals surface area contributed by atoms with Crippen molar-refractivity contribution in [2.24, 2.45) is 5.92 Å². The fourth-order valence-corrected chi connectivity index (χ4v) is 2.82. The number of carboxylic acids is 1. The maximum atomic E-state index is 11.7. The van der Waals surface area contributed by atoms with Gasteiger partial charge in [-0.25, -0.2) is 4.79 Å². The molecule has 1 saturated heterocycles. The lowest BCUT2D eigenvalue weighted by Crippen LogP contribution is -2.54. The molecule has 1 aromatic rings. The van der Waals surface area contributed by atoms with Gasteiger partial charge in [-0.05, 0) is 51.0 Å². The third kappa shape index (κ3) is 3.61. The first-order valence-corrected chi connectivity index (χ1v) is 7.42. The number of hydrogen-bond donors (Lipinski definition) is 3. The molecule has 0 aliphatic carbocycles. The number of nitrogens with zero attached hydrogens (tertiary/aromatic N) is 1. The lowest BCUT2D eigenvalue weighted by molar-refractivity contribution is -0.147. The number of benzene rings is 1. The number of carbonyl (C=O) groups is 1. The largest absolute Gasteiger partial charge is 0.480 e. The Hall–Kier alpha value is -1.43. The maximum absolute atomic E-state index is 11.7. The highest BCUT2D eigenvalue weighted by Gasteiger charge is 2.40. The van der Waals surface area contributed by atoms with E-state index in [1.54, 1.807) is 24.3 Å². The zero-order valence-electron chi connectivity index (χ0n) is 12.5. The van der Waals surface area contributed by atoms with E-state index in [1.165, 1.54) is 0 Å². The Morgan fingerprint density at radius 1 is 1.33 bits per heavy atom. The summed E-state index contributed by atoms with van der Waals surface area (Å²) >= 11 is 0. The van der Waals surface area contributed by atoms with E-state index >= 15 is 0 Å². The molecule has 1 aromatic carbocycles. The van der Waals surface area contributed by atoms with Crippen LogP contribution in [0.4, 0.5) is 0 Å². The quantitative estimate of drug-likeness (QED) is 0.726. The van der Waals surface area contributed by atoms with Crippen LogP contribution >= 0.6 is 0 Å². The van der Waals surface area contributed by atoms with Gasteiger partial charge in [0.05, 0.1) is 6.61 Å². The Balaban J connectivity index is 2.09. The van der Waals surface area contributed by atoms with Crippen molar-refractivity contribution in [3.63, 3.8) is 0 Å². The summed E-state index contributed by atoms with van der Waals surface area (Å²) in [5, 5.41) is 22.5. The van der Waals surface area contributed by atoms with E-state index in [0.717, 1.165) is 25.9 Å². The second kappa shape index (κ2) is 7.02. The average Bonchev–Trinajstić information content (AvgIpc) is 2.51. The summed E-state index contributed by atoms with van der Waals surface area (Å²) in [4.78, 5) is 14.0. The zero-order chi connectivity index (χ0) is 15.3. The van der Waals surface area contributed by atoms with Gasteiger partial charge in [-0.15, -0.1) is 0 Å². The van der Waals surface area contributed by atoms with Gasteiger partial charge in [0.25, 0.3) is 0 Å². The fraction of sp³-hybridized carbons (Fsp3) is 0.562. The summed E-state index contributed by atoms with van der Waals surface area (Å²) in [5.74, 6) is -0.584. The van der Waals surface area contributed by atoms with Crippen molar-refractivity contribution in [2.75, 3.05) is 33.3 Å². The van der Waals surface area contributed by atoms with Gasteiger partial charge >= 0.3 is 5.97 Å². The van der Waals surface area contributed by atoms with Gasteiger partial charge in [0, 0.05) is 0 Å². The minimum Gasteiger partial charge on any atom is -0.480 e. The van der Waals surface area contributed by atoms with Crippen molar-refractivity contribution in [3.8, 4) is 0 Å². The summed E-state index contributed by atoms with van der Waals surface area (Å²) in [5.41, 5.74) is -0.821. The summed E-state index contributed by atoms with van der Waals surface area (Å²) in [6, 6.07) is 8.91.